The van der Waals surface area contributed by atoms with Crippen LogP contribution in [0.2, 0.25) is 0 Å². The number of aromatic nitrogens is 3. The summed E-state index contributed by atoms with van der Waals surface area (Å²) in [6, 6.07) is 13.7. The van der Waals surface area contributed by atoms with E-state index in [1.165, 1.54) is 24.3 Å². The maximum absolute atomic E-state index is 13.6. The molecule has 2 aromatic carbocycles. The Kier molecular flexibility index (Phi) is 4.50. The Hall–Kier alpha value is -3.00. The normalized spacial score (nSPS) is 11.8. The highest BCUT2D eigenvalue weighted by Gasteiger charge is 2.37. The molecule has 3 nitrogen and oxygen atoms in total. The van der Waals surface area contributed by atoms with Crippen molar-refractivity contribution in [1.82, 2.24) is 14.8 Å². The van der Waals surface area contributed by atoms with E-state index in [1.54, 1.807) is 17.5 Å². The van der Waals surface area contributed by atoms with Crippen molar-refractivity contribution in [2.75, 3.05) is 0 Å². The molecule has 0 aliphatic carbocycles. The van der Waals surface area contributed by atoms with Crippen molar-refractivity contribution in [3.05, 3.63) is 77.1 Å². The fraction of sp³-hybridized carbons (Fsp3) is 0.100. The van der Waals surface area contributed by atoms with Gasteiger partial charge in [-0.1, -0.05) is 29.8 Å². The van der Waals surface area contributed by atoms with Crippen molar-refractivity contribution < 1.29 is 17.6 Å². The molecule has 4 rings (SSSR count). The number of rotatable bonds is 3. The molecule has 0 aliphatic heterocycles. The summed E-state index contributed by atoms with van der Waals surface area (Å²) in [7, 11) is 0. The minimum Gasteiger partial charge on any atom is -0.218 e. The van der Waals surface area contributed by atoms with Gasteiger partial charge in [0.2, 0.25) is 5.13 Å². The molecule has 28 heavy (non-hydrogen) atoms. The van der Waals surface area contributed by atoms with Crippen LogP contribution in [-0.4, -0.2) is 14.8 Å². The maximum atomic E-state index is 13.6. The zero-order valence-corrected chi connectivity index (χ0v) is 15.4. The highest BCUT2D eigenvalue weighted by atomic mass is 32.1. The Morgan fingerprint density at radius 3 is 2.14 bits per heavy atom. The van der Waals surface area contributed by atoms with E-state index in [2.05, 4.69) is 10.1 Å². The molecule has 0 aliphatic rings. The largest absolute Gasteiger partial charge is 0.433 e. The molecule has 0 saturated carbocycles. The van der Waals surface area contributed by atoms with Gasteiger partial charge in [-0.25, -0.2) is 14.1 Å². The van der Waals surface area contributed by atoms with E-state index in [4.69, 9.17) is 0 Å². The van der Waals surface area contributed by atoms with Crippen LogP contribution in [0.15, 0.2) is 60.0 Å². The molecule has 0 spiro atoms. The molecule has 142 valence electrons. The van der Waals surface area contributed by atoms with Crippen molar-refractivity contribution in [3.8, 4) is 27.6 Å². The molecule has 0 atom stereocenters. The molecule has 8 heteroatoms. The summed E-state index contributed by atoms with van der Waals surface area (Å²) in [4.78, 5) is 4.27. The number of hydrogen-bond donors (Lipinski definition) is 0. The van der Waals surface area contributed by atoms with Gasteiger partial charge in [0.15, 0.2) is 5.69 Å². The standard InChI is InChI=1S/C20H13F4N3S/c1-12-2-4-13(5-3-12)16-10-18(20(22,23)24)27(26-16)19-25-17(11-28-19)14-6-8-15(21)9-7-14/h2-11H,1H3. The summed E-state index contributed by atoms with van der Waals surface area (Å²) in [5.41, 5.74) is 1.98. The molecular weight excluding hydrogens is 390 g/mol. The van der Waals surface area contributed by atoms with E-state index >= 15 is 0 Å². The summed E-state index contributed by atoms with van der Waals surface area (Å²) in [6.45, 7) is 1.90. The van der Waals surface area contributed by atoms with Crippen LogP contribution >= 0.6 is 11.3 Å². The fourth-order valence-corrected chi connectivity index (χ4v) is 3.50. The lowest BCUT2D eigenvalue weighted by atomic mass is 10.1. The molecule has 0 saturated heterocycles. The molecule has 0 unspecified atom stereocenters. The van der Waals surface area contributed by atoms with Gasteiger partial charge in [0.1, 0.15) is 5.82 Å². The summed E-state index contributed by atoms with van der Waals surface area (Å²) in [5.74, 6) is -0.395. The van der Waals surface area contributed by atoms with Gasteiger partial charge in [-0.3, -0.25) is 0 Å². The van der Waals surface area contributed by atoms with E-state index in [0.717, 1.165) is 27.6 Å². The van der Waals surface area contributed by atoms with Gasteiger partial charge in [0.05, 0.1) is 11.4 Å². The average Bonchev–Trinajstić information content (AvgIpc) is 3.30. The molecule has 2 aromatic heterocycles. The van der Waals surface area contributed by atoms with Crippen molar-refractivity contribution in [1.29, 1.82) is 0 Å². The molecule has 0 N–H and O–H groups in total. The van der Waals surface area contributed by atoms with E-state index in [1.807, 2.05) is 19.1 Å². The first-order chi connectivity index (χ1) is 13.3. The molecule has 4 aromatic rings. The summed E-state index contributed by atoms with van der Waals surface area (Å²) in [5, 5.41) is 5.86. The minimum atomic E-state index is -4.59. The van der Waals surface area contributed by atoms with Crippen molar-refractivity contribution in [2.24, 2.45) is 0 Å². The first kappa shape index (κ1) is 18.4. The topological polar surface area (TPSA) is 30.7 Å². The number of halogens is 4. The van der Waals surface area contributed by atoms with Crippen LogP contribution in [0.4, 0.5) is 17.6 Å². The maximum Gasteiger partial charge on any atom is 0.433 e. The molecule has 2 heterocycles. The first-order valence-corrected chi connectivity index (χ1v) is 9.15. The monoisotopic (exact) mass is 403 g/mol. The van der Waals surface area contributed by atoms with Crippen LogP contribution in [0.25, 0.3) is 27.6 Å². The Labute approximate surface area is 161 Å². The second-order valence-corrected chi connectivity index (χ2v) is 7.05. The fourth-order valence-electron chi connectivity index (χ4n) is 2.71. The third kappa shape index (κ3) is 3.55. The predicted octanol–water partition coefficient (Wildman–Crippen LogP) is 6.13. The van der Waals surface area contributed by atoms with Crippen LogP contribution in [0.3, 0.4) is 0 Å². The Bertz CT molecular complexity index is 1110. The lowest BCUT2D eigenvalue weighted by molar-refractivity contribution is -0.142. The van der Waals surface area contributed by atoms with Gasteiger partial charge in [-0.15, -0.1) is 11.3 Å². The van der Waals surface area contributed by atoms with E-state index in [0.29, 0.717) is 16.8 Å². The summed E-state index contributed by atoms with van der Waals surface area (Å²) >= 11 is 1.04. The molecule has 0 fully saturated rings. The number of alkyl halides is 3. The molecular formula is C20H13F4N3S. The Morgan fingerprint density at radius 1 is 0.893 bits per heavy atom. The van der Waals surface area contributed by atoms with E-state index < -0.39 is 17.7 Å². The number of thiazole rings is 1. The molecule has 0 radical (unpaired) electrons. The predicted molar refractivity (Wildman–Crippen MR) is 99.8 cm³/mol. The highest BCUT2D eigenvalue weighted by molar-refractivity contribution is 7.12. The second kappa shape index (κ2) is 6.87. The number of benzene rings is 2. The van der Waals surface area contributed by atoms with Crippen molar-refractivity contribution in [2.45, 2.75) is 13.1 Å². The van der Waals surface area contributed by atoms with Crippen LogP contribution in [-0.2, 0) is 6.18 Å². The third-order valence-electron chi connectivity index (χ3n) is 4.16. The third-order valence-corrected chi connectivity index (χ3v) is 4.98. The minimum absolute atomic E-state index is 0.0880. The molecule has 0 bridgehead atoms. The van der Waals surface area contributed by atoms with Gasteiger partial charge in [-0.2, -0.15) is 18.3 Å². The van der Waals surface area contributed by atoms with Crippen molar-refractivity contribution >= 4 is 11.3 Å². The number of aryl methyl sites for hydroxylation is 1. The van der Waals surface area contributed by atoms with E-state index in [-0.39, 0.29) is 10.8 Å². The number of hydrogen-bond acceptors (Lipinski definition) is 3. The zero-order valence-electron chi connectivity index (χ0n) is 14.5. The summed E-state index contributed by atoms with van der Waals surface area (Å²) in [6.07, 6.45) is -4.59. The second-order valence-electron chi connectivity index (χ2n) is 6.21. The zero-order chi connectivity index (χ0) is 19.9. The number of nitrogens with zero attached hydrogens (tertiary/aromatic N) is 3. The van der Waals surface area contributed by atoms with Gasteiger partial charge in [-0.05, 0) is 37.3 Å². The van der Waals surface area contributed by atoms with Crippen molar-refractivity contribution in [3.63, 3.8) is 0 Å². The molecule has 0 amide bonds. The first-order valence-electron chi connectivity index (χ1n) is 8.27. The highest BCUT2D eigenvalue weighted by Crippen LogP contribution is 2.35. The Morgan fingerprint density at radius 2 is 1.50 bits per heavy atom. The van der Waals surface area contributed by atoms with E-state index in [9.17, 15) is 17.6 Å². The average molecular weight is 403 g/mol. The smallest absolute Gasteiger partial charge is 0.218 e. The van der Waals surface area contributed by atoms with Gasteiger partial charge < -0.3 is 0 Å². The Balaban J connectivity index is 1.78. The quantitative estimate of drug-likeness (QED) is 0.385. The SMILES string of the molecule is Cc1ccc(-c2cc(C(F)(F)F)n(-c3nc(-c4ccc(F)cc4)cs3)n2)cc1. The van der Waals surface area contributed by atoms with Gasteiger partial charge >= 0.3 is 6.18 Å². The summed E-state index contributed by atoms with van der Waals surface area (Å²) < 4.78 is 54.6. The van der Waals surface area contributed by atoms with Crippen LogP contribution in [0.5, 0.6) is 0 Å². The van der Waals surface area contributed by atoms with Gasteiger partial charge in [0, 0.05) is 16.5 Å². The van der Waals surface area contributed by atoms with Crippen LogP contribution in [0, 0.1) is 12.7 Å². The lowest BCUT2D eigenvalue weighted by Crippen LogP contribution is -2.13. The van der Waals surface area contributed by atoms with Gasteiger partial charge in [0.25, 0.3) is 0 Å². The lowest BCUT2D eigenvalue weighted by Gasteiger charge is -2.07. The van der Waals surface area contributed by atoms with Crippen LogP contribution < -0.4 is 0 Å². The van der Waals surface area contributed by atoms with Crippen LogP contribution in [0.1, 0.15) is 11.3 Å².